The second kappa shape index (κ2) is 5.56. The summed E-state index contributed by atoms with van der Waals surface area (Å²) in [4.78, 5) is 4.39. The lowest BCUT2D eigenvalue weighted by molar-refractivity contribution is 0.420. The molecule has 102 valence electrons. The summed E-state index contributed by atoms with van der Waals surface area (Å²) in [6.45, 7) is 1.47. The van der Waals surface area contributed by atoms with Crippen molar-refractivity contribution in [1.29, 1.82) is 0 Å². The van der Waals surface area contributed by atoms with Gasteiger partial charge in [0.25, 0.3) is 0 Å². The quantitative estimate of drug-likeness (QED) is 0.767. The normalized spacial score (nSPS) is 10.7. The molecular weight excluding hydrogens is 254 g/mol. The Hall–Kier alpha value is -2.63. The Labute approximate surface area is 116 Å². The van der Waals surface area contributed by atoms with E-state index in [1.807, 2.05) is 30.5 Å². The van der Waals surface area contributed by atoms with Crippen LogP contribution in [-0.4, -0.2) is 33.6 Å². The van der Waals surface area contributed by atoms with Gasteiger partial charge in [0.05, 0.1) is 19.9 Å². The van der Waals surface area contributed by atoms with Crippen molar-refractivity contribution >= 4 is 16.6 Å². The predicted molar refractivity (Wildman–Crippen MR) is 76.8 cm³/mol. The number of fused-ring (bicyclic) bond motifs is 1. The first-order valence-electron chi connectivity index (χ1n) is 6.38. The average Bonchev–Trinajstić information content (AvgIpc) is 3.00. The standard InChI is InChI=1S/C14H15N5O/c1-20-13-4-2-3-12-11(13)5-6-15-14(12)16-7-9-19-10-8-17-18-19/h2-6,8,10H,7,9H2,1H3,(H,15,16). The number of nitrogens with zero attached hydrogens (tertiary/aromatic N) is 4. The molecule has 1 N–H and O–H groups in total. The van der Waals surface area contributed by atoms with Crippen molar-refractivity contribution in [2.45, 2.75) is 6.54 Å². The van der Waals surface area contributed by atoms with Gasteiger partial charge in [0, 0.05) is 29.7 Å². The van der Waals surface area contributed by atoms with E-state index in [0.29, 0.717) is 0 Å². The van der Waals surface area contributed by atoms with Crippen LogP contribution in [0.25, 0.3) is 10.8 Å². The molecule has 3 aromatic rings. The Morgan fingerprint density at radius 2 is 2.15 bits per heavy atom. The van der Waals surface area contributed by atoms with E-state index < -0.39 is 0 Å². The molecule has 0 saturated carbocycles. The highest BCUT2D eigenvalue weighted by atomic mass is 16.5. The number of hydrogen-bond acceptors (Lipinski definition) is 5. The average molecular weight is 269 g/mol. The molecule has 2 aromatic heterocycles. The minimum absolute atomic E-state index is 0.729. The molecule has 0 amide bonds. The van der Waals surface area contributed by atoms with Crippen LogP contribution in [0, 0.1) is 0 Å². The van der Waals surface area contributed by atoms with E-state index in [-0.39, 0.29) is 0 Å². The van der Waals surface area contributed by atoms with Gasteiger partial charge in [-0.3, -0.25) is 4.68 Å². The molecule has 0 bridgehead atoms. The topological polar surface area (TPSA) is 64.9 Å². The zero-order valence-electron chi connectivity index (χ0n) is 11.2. The Kier molecular flexibility index (Phi) is 3.45. The molecule has 6 heteroatoms. The SMILES string of the molecule is COc1cccc2c(NCCn3ccnn3)nccc12. The van der Waals surface area contributed by atoms with Gasteiger partial charge in [-0.25, -0.2) is 4.98 Å². The number of aromatic nitrogens is 4. The summed E-state index contributed by atoms with van der Waals surface area (Å²) in [7, 11) is 1.67. The van der Waals surface area contributed by atoms with Gasteiger partial charge >= 0.3 is 0 Å². The van der Waals surface area contributed by atoms with Gasteiger partial charge in [0.2, 0.25) is 0 Å². The molecule has 0 aliphatic carbocycles. The molecular formula is C14H15N5O. The first-order valence-corrected chi connectivity index (χ1v) is 6.38. The molecule has 3 rings (SSSR count). The van der Waals surface area contributed by atoms with Crippen molar-refractivity contribution in [2.75, 3.05) is 19.0 Å². The van der Waals surface area contributed by atoms with Gasteiger partial charge in [-0.1, -0.05) is 17.3 Å². The number of methoxy groups -OCH3 is 1. The lowest BCUT2D eigenvalue weighted by Crippen LogP contribution is -2.12. The molecule has 20 heavy (non-hydrogen) atoms. The predicted octanol–water partition coefficient (Wildman–Crippen LogP) is 1.95. The number of anilines is 1. The summed E-state index contributed by atoms with van der Waals surface area (Å²) < 4.78 is 7.14. The van der Waals surface area contributed by atoms with Crippen molar-refractivity contribution in [3.05, 3.63) is 42.9 Å². The Morgan fingerprint density at radius 3 is 2.95 bits per heavy atom. The van der Waals surface area contributed by atoms with E-state index in [0.717, 1.165) is 35.4 Å². The molecule has 1 aromatic carbocycles. The molecule has 0 fully saturated rings. The fraction of sp³-hybridized carbons (Fsp3) is 0.214. The second-order valence-corrected chi connectivity index (χ2v) is 4.31. The summed E-state index contributed by atoms with van der Waals surface area (Å²) in [6, 6.07) is 7.90. The zero-order valence-corrected chi connectivity index (χ0v) is 11.2. The van der Waals surface area contributed by atoms with Gasteiger partial charge in [0.1, 0.15) is 11.6 Å². The molecule has 0 unspecified atom stereocenters. The number of hydrogen-bond donors (Lipinski definition) is 1. The van der Waals surface area contributed by atoms with Crippen molar-refractivity contribution in [1.82, 2.24) is 20.0 Å². The highest BCUT2D eigenvalue weighted by Crippen LogP contribution is 2.28. The van der Waals surface area contributed by atoms with Gasteiger partial charge < -0.3 is 10.1 Å². The van der Waals surface area contributed by atoms with Crippen LogP contribution in [0.4, 0.5) is 5.82 Å². The first-order chi connectivity index (χ1) is 9.88. The number of nitrogens with one attached hydrogen (secondary N) is 1. The van der Waals surface area contributed by atoms with Crippen LogP contribution in [0.15, 0.2) is 42.9 Å². The van der Waals surface area contributed by atoms with Crippen LogP contribution in [0.2, 0.25) is 0 Å². The van der Waals surface area contributed by atoms with Crippen molar-refractivity contribution in [3.63, 3.8) is 0 Å². The molecule has 2 heterocycles. The van der Waals surface area contributed by atoms with Crippen LogP contribution in [0.3, 0.4) is 0 Å². The largest absolute Gasteiger partial charge is 0.496 e. The summed E-state index contributed by atoms with van der Waals surface area (Å²) in [5.74, 6) is 1.70. The highest BCUT2D eigenvalue weighted by Gasteiger charge is 2.05. The van der Waals surface area contributed by atoms with E-state index in [1.165, 1.54) is 0 Å². The van der Waals surface area contributed by atoms with Crippen LogP contribution < -0.4 is 10.1 Å². The lowest BCUT2D eigenvalue weighted by atomic mass is 10.1. The number of pyridine rings is 1. The molecule has 0 aliphatic rings. The third-order valence-electron chi connectivity index (χ3n) is 3.09. The third-order valence-corrected chi connectivity index (χ3v) is 3.09. The smallest absolute Gasteiger partial charge is 0.134 e. The van der Waals surface area contributed by atoms with E-state index in [4.69, 9.17) is 4.74 Å². The molecule has 0 saturated heterocycles. The molecule has 6 nitrogen and oxygen atoms in total. The van der Waals surface area contributed by atoms with Crippen LogP contribution in [0.5, 0.6) is 5.75 Å². The zero-order chi connectivity index (χ0) is 13.8. The summed E-state index contributed by atoms with van der Waals surface area (Å²) >= 11 is 0. The highest BCUT2D eigenvalue weighted by molar-refractivity contribution is 5.95. The summed E-state index contributed by atoms with van der Waals surface area (Å²) in [5, 5.41) is 13.1. The van der Waals surface area contributed by atoms with Crippen molar-refractivity contribution in [3.8, 4) is 5.75 Å². The molecule has 0 aliphatic heterocycles. The monoisotopic (exact) mass is 269 g/mol. The second-order valence-electron chi connectivity index (χ2n) is 4.31. The Balaban J connectivity index is 1.81. The van der Waals surface area contributed by atoms with E-state index >= 15 is 0 Å². The molecule has 0 atom stereocenters. The number of rotatable bonds is 5. The van der Waals surface area contributed by atoms with Gasteiger partial charge in [-0.2, -0.15) is 0 Å². The van der Waals surface area contributed by atoms with Gasteiger partial charge in [-0.05, 0) is 12.1 Å². The minimum atomic E-state index is 0.729. The van der Waals surface area contributed by atoms with Crippen LogP contribution >= 0.6 is 0 Å². The van der Waals surface area contributed by atoms with Gasteiger partial charge in [0.15, 0.2) is 0 Å². The molecule has 0 spiro atoms. The minimum Gasteiger partial charge on any atom is -0.496 e. The maximum atomic E-state index is 5.37. The maximum Gasteiger partial charge on any atom is 0.134 e. The fourth-order valence-electron chi connectivity index (χ4n) is 2.14. The van der Waals surface area contributed by atoms with Crippen LogP contribution in [-0.2, 0) is 6.54 Å². The van der Waals surface area contributed by atoms with Crippen molar-refractivity contribution < 1.29 is 4.74 Å². The summed E-state index contributed by atoms with van der Waals surface area (Å²) in [5.41, 5.74) is 0. The van der Waals surface area contributed by atoms with Gasteiger partial charge in [-0.15, -0.1) is 5.10 Å². The lowest BCUT2D eigenvalue weighted by Gasteiger charge is -2.10. The van der Waals surface area contributed by atoms with E-state index in [1.54, 1.807) is 24.2 Å². The third kappa shape index (κ3) is 2.40. The summed E-state index contributed by atoms with van der Waals surface area (Å²) in [6.07, 6.45) is 5.28. The number of benzene rings is 1. The fourth-order valence-corrected chi connectivity index (χ4v) is 2.14. The first kappa shape index (κ1) is 12.4. The van der Waals surface area contributed by atoms with Crippen molar-refractivity contribution in [2.24, 2.45) is 0 Å². The Bertz CT molecular complexity index is 696. The maximum absolute atomic E-state index is 5.37. The molecule has 0 radical (unpaired) electrons. The van der Waals surface area contributed by atoms with E-state index in [9.17, 15) is 0 Å². The Morgan fingerprint density at radius 1 is 1.20 bits per heavy atom. The van der Waals surface area contributed by atoms with Crippen LogP contribution in [0.1, 0.15) is 0 Å². The van der Waals surface area contributed by atoms with E-state index in [2.05, 4.69) is 20.6 Å². The number of ether oxygens (including phenoxy) is 1.